The highest BCUT2D eigenvalue weighted by molar-refractivity contribution is 8.00. The summed E-state index contributed by atoms with van der Waals surface area (Å²) in [6.07, 6.45) is 2.21. The van der Waals surface area contributed by atoms with E-state index in [0.717, 1.165) is 0 Å². The number of rotatable bonds is 4. The normalized spacial score (nSPS) is 23.5. The minimum atomic E-state index is -0.808. The van der Waals surface area contributed by atoms with Crippen molar-refractivity contribution in [2.75, 3.05) is 5.75 Å². The molecule has 0 aliphatic carbocycles. The lowest BCUT2D eigenvalue weighted by atomic mass is 10.2. The minimum Gasteiger partial charge on any atom is -0.480 e. The van der Waals surface area contributed by atoms with Gasteiger partial charge in [0.15, 0.2) is 0 Å². The molecule has 0 saturated carbocycles. The Kier molecular flexibility index (Phi) is 3.73. The maximum Gasteiger partial charge on any atom is 0.316 e. The van der Waals surface area contributed by atoms with E-state index >= 15 is 0 Å². The average Bonchev–Trinajstić information content (AvgIpc) is 2.88. The van der Waals surface area contributed by atoms with Gasteiger partial charge >= 0.3 is 5.97 Å². The zero-order valence-electron chi connectivity index (χ0n) is 9.09. The third-order valence-electron chi connectivity index (χ3n) is 2.55. The first-order valence-corrected chi connectivity index (χ1v) is 6.36. The number of nitrogens with one attached hydrogen (secondary N) is 1. The fourth-order valence-electron chi connectivity index (χ4n) is 1.75. The summed E-state index contributed by atoms with van der Waals surface area (Å²) in [6.45, 7) is 0. The lowest BCUT2D eigenvalue weighted by Gasteiger charge is -2.10. The molecule has 0 spiro atoms. The maximum absolute atomic E-state index is 11.6. The second kappa shape index (κ2) is 5.27. The van der Waals surface area contributed by atoms with Crippen molar-refractivity contribution in [2.24, 2.45) is 0 Å². The van der Waals surface area contributed by atoms with E-state index in [-0.39, 0.29) is 18.4 Å². The van der Waals surface area contributed by atoms with Crippen molar-refractivity contribution in [3.8, 4) is 0 Å². The molecule has 92 valence electrons. The van der Waals surface area contributed by atoms with Crippen LogP contribution in [0.3, 0.4) is 0 Å². The largest absolute Gasteiger partial charge is 0.480 e. The summed E-state index contributed by atoms with van der Waals surface area (Å²) in [4.78, 5) is 22.4. The second-order valence-corrected chi connectivity index (χ2v) is 5.15. The number of thioether (sulfide) groups is 1. The Morgan fingerprint density at radius 2 is 2.41 bits per heavy atom. The molecule has 1 aromatic heterocycles. The Morgan fingerprint density at radius 3 is 3.00 bits per heavy atom. The van der Waals surface area contributed by atoms with Crippen LogP contribution >= 0.6 is 11.8 Å². The smallest absolute Gasteiger partial charge is 0.316 e. The summed E-state index contributed by atoms with van der Waals surface area (Å²) in [5, 5.41) is 11.2. The molecular formula is C11H13NO4S. The number of aliphatic carboxylic acids is 1. The van der Waals surface area contributed by atoms with Crippen LogP contribution in [0.15, 0.2) is 22.8 Å². The Balaban J connectivity index is 1.78. The van der Waals surface area contributed by atoms with E-state index in [2.05, 4.69) is 5.32 Å². The van der Waals surface area contributed by atoms with Crippen LogP contribution in [-0.2, 0) is 16.0 Å². The molecule has 1 fully saturated rings. The molecule has 2 heterocycles. The van der Waals surface area contributed by atoms with Gasteiger partial charge in [0.25, 0.3) is 0 Å². The van der Waals surface area contributed by atoms with Gasteiger partial charge in [-0.1, -0.05) is 0 Å². The topological polar surface area (TPSA) is 79.5 Å². The standard InChI is InChI=1S/C11H13NO4S/c13-10(5-8-2-1-3-16-8)12-7-4-9(11(14)15)17-6-7/h1-3,7,9H,4-6H2,(H,12,13)(H,14,15)/t7-,9-/m0/s1. The summed E-state index contributed by atoms with van der Waals surface area (Å²) in [5.41, 5.74) is 0. The van der Waals surface area contributed by atoms with Gasteiger partial charge < -0.3 is 14.8 Å². The number of carbonyl (C=O) groups is 2. The van der Waals surface area contributed by atoms with Gasteiger partial charge in [-0.3, -0.25) is 9.59 Å². The van der Waals surface area contributed by atoms with E-state index in [1.807, 2.05) is 0 Å². The highest BCUT2D eigenvalue weighted by atomic mass is 32.2. The van der Waals surface area contributed by atoms with Crippen LogP contribution in [0.2, 0.25) is 0 Å². The molecular weight excluding hydrogens is 242 g/mol. The highest BCUT2D eigenvalue weighted by Gasteiger charge is 2.31. The second-order valence-electron chi connectivity index (χ2n) is 3.92. The van der Waals surface area contributed by atoms with E-state index < -0.39 is 11.2 Å². The molecule has 2 rings (SSSR count). The van der Waals surface area contributed by atoms with Gasteiger partial charge in [-0.25, -0.2) is 0 Å². The van der Waals surface area contributed by atoms with Crippen LogP contribution in [0.1, 0.15) is 12.2 Å². The molecule has 1 aliphatic rings. The molecule has 0 aromatic carbocycles. The molecule has 1 amide bonds. The molecule has 2 atom stereocenters. The summed E-state index contributed by atoms with van der Waals surface area (Å²) in [7, 11) is 0. The van der Waals surface area contributed by atoms with Crippen molar-refractivity contribution >= 4 is 23.6 Å². The molecule has 0 radical (unpaired) electrons. The van der Waals surface area contributed by atoms with E-state index in [0.29, 0.717) is 17.9 Å². The monoisotopic (exact) mass is 255 g/mol. The minimum absolute atomic E-state index is 0.0523. The van der Waals surface area contributed by atoms with Crippen molar-refractivity contribution in [3.05, 3.63) is 24.2 Å². The van der Waals surface area contributed by atoms with Crippen LogP contribution in [0, 0.1) is 0 Å². The fraction of sp³-hybridized carbons (Fsp3) is 0.455. The Labute approximate surface area is 103 Å². The van der Waals surface area contributed by atoms with Gasteiger partial charge in [0, 0.05) is 11.8 Å². The van der Waals surface area contributed by atoms with E-state index in [1.54, 1.807) is 12.1 Å². The molecule has 5 nitrogen and oxygen atoms in total. The number of hydrogen-bond donors (Lipinski definition) is 2. The van der Waals surface area contributed by atoms with Crippen molar-refractivity contribution in [2.45, 2.75) is 24.1 Å². The summed E-state index contributed by atoms with van der Waals surface area (Å²) < 4.78 is 5.07. The summed E-state index contributed by atoms with van der Waals surface area (Å²) >= 11 is 1.37. The van der Waals surface area contributed by atoms with Crippen molar-refractivity contribution in [1.82, 2.24) is 5.32 Å². The predicted molar refractivity (Wildman–Crippen MR) is 62.8 cm³/mol. The SMILES string of the molecule is O=C(Cc1ccco1)N[C@@H]1CS[C@H](C(=O)O)C1. The molecule has 1 saturated heterocycles. The van der Waals surface area contributed by atoms with Crippen LogP contribution in [0.25, 0.3) is 0 Å². The third-order valence-corrected chi connectivity index (χ3v) is 3.94. The first kappa shape index (κ1) is 12.0. The first-order valence-electron chi connectivity index (χ1n) is 5.31. The number of carboxylic acid groups (broad SMARTS) is 1. The van der Waals surface area contributed by atoms with Crippen molar-refractivity contribution in [3.63, 3.8) is 0 Å². The van der Waals surface area contributed by atoms with E-state index in [1.165, 1.54) is 18.0 Å². The lowest BCUT2D eigenvalue weighted by Crippen LogP contribution is -2.36. The first-order chi connectivity index (χ1) is 8.15. The number of carbonyl (C=O) groups excluding carboxylic acids is 1. The molecule has 0 unspecified atom stereocenters. The Morgan fingerprint density at radius 1 is 1.59 bits per heavy atom. The number of carboxylic acids is 1. The predicted octanol–water partition coefficient (Wildman–Crippen LogP) is 0.897. The molecule has 1 aliphatic heterocycles. The van der Waals surface area contributed by atoms with Crippen LogP contribution < -0.4 is 5.32 Å². The molecule has 6 heteroatoms. The van der Waals surface area contributed by atoms with Gasteiger partial charge in [-0.15, -0.1) is 11.8 Å². The van der Waals surface area contributed by atoms with Gasteiger partial charge in [0.1, 0.15) is 11.0 Å². The Bertz CT molecular complexity index is 404. The molecule has 1 aromatic rings. The third kappa shape index (κ3) is 3.26. The Hall–Kier alpha value is -1.43. The van der Waals surface area contributed by atoms with E-state index in [4.69, 9.17) is 9.52 Å². The molecule has 0 bridgehead atoms. The van der Waals surface area contributed by atoms with E-state index in [9.17, 15) is 9.59 Å². The molecule has 17 heavy (non-hydrogen) atoms. The van der Waals surface area contributed by atoms with Gasteiger partial charge in [-0.05, 0) is 18.6 Å². The zero-order chi connectivity index (χ0) is 12.3. The highest BCUT2D eigenvalue weighted by Crippen LogP contribution is 2.26. The summed E-state index contributed by atoms with van der Waals surface area (Å²) in [5.74, 6) is 0.332. The van der Waals surface area contributed by atoms with Gasteiger partial charge in [0.2, 0.25) is 5.91 Å². The average molecular weight is 255 g/mol. The maximum atomic E-state index is 11.6. The fourth-order valence-corrected chi connectivity index (χ4v) is 2.94. The number of hydrogen-bond acceptors (Lipinski definition) is 4. The zero-order valence-corrected chi connectivity index (χ0v) is 9.90. The van der Waals surface area contributed by atoms with Gasteiger partial charge in [0.05, 0.1) is 12.7 Å². The van der Waals surface area contributed by atoms with Gasteiger partial charge in [-0.2, -0.15) is 0 Å². The van der Waals surface area contributed by atoms with Crippen LogP contribution in [-0.4, -0.2) is 34.0 Å². The van der Waals surface area contributed by atoms with Crippen molar-refractivity contribution < 1.29 is 19.1 Å². The lowest BCUT2D eigenvalue weighted by molar-refractivity contribution is -0.136. The van der Waals surface area contributed by atoms with Crippen LogP contribution in [0.5, 0.6) is 0 Å². The summed E-state index contributed by atoms with van der Waals surface area (Å²) in [6, 6.07) is 3.42. The number of furan rings is 1. The van der Waals surface area contributed by atoms with Crippen molar-refractivity contribution in [1.29, 1.82) is 0 Å². The quantitative estimate of drug-likeness (QED) is 0.835. The molecule has 2 N–H and O–H groups in total. The number of amides is 1. The van der Waals surface area contributed by atoms with Crippen LogP contribution in [0.4, 0.5) is 0 Å².